The molecule has 1 atom stereocenters. The number of aromatic nitrogens is 2. The number of nitrogens with one attached hydrogen (secondary N) is 1. The molecule has 38 heavy (non-hydrogen) atoms. The fraction of sp³-hybridized carbons (Fsp3) is 0.440. The standard InChI is InChI=1S/C25H29N5O6S2/c1-25(2,26)14-35-20-10-9-19-23(28-20)37-24(27-19)29-22(31)21(30-36-16-11-12-34-13-16)15-3-5-17(6-4-15)38(32,33)18-7-8-18/h3-6,9-10,16,18H,7-8,11-14,26H2,1-2H3,(H,27,29,31)/t16-/m1/s1. The summed E-state index contributed by atoms with van der Waals surface area (Å²) in [7, 11) is -3.35. The van der Waals surface area contributed by atoms with Crippen molar-refractivity contribution in [2.24, 2.45) is 10.9 Å². The molecule has 11 nitrogen and oxygen atoms in total. The number of anilines is 1. The van der Waals surface area contributed by atoms with Crippen LogP contribution in [-0.2, 0) is 24.2 Å². The molecule has 2 fully saturated rings. The quantitative estimate of drug-likeness (QED) is 0.282. The topological polar surface area (TPSA) is 155 Å². The monoisotopic (exact) mass is 559 g/mol. The molecule has 1 aliphatic heterocycles. The maximum atomic E-state index is 13.3. The predicted octanol–water partition coefficient (Wildman–Crippen LogP) is 2.89. The smallest absolute Gasteiger partial charge is 0.280 e. The van der Waals surface area contributed by atoms with Gasteiger partial charge < -0.3 is 20.0 Å². The van der Waals surface area contributed by atoms with E-state index in [1.165, 1.54) is 23.5 Å². The number of nitrogens with two attached hydrogens (primary N) is 1. The van der Waals surface area contributed by atoms with E-state index in [2.05, 4.69) is 20.4 Å². The van der Waals surface area contributed by atoms with E-state index in [9.17, 15) is 13.2 Å². The van der Waals surface area contributed by atoms with Crippen LogP contribution in [0.5, 0.6) is 5.88 Å². The van der Waals surface area contributed by atoms with E-state index in [0.717, 1.165) is 0 Å². The number of amides is 1. The van der Waals surface area contributed by atoms with Gasteiger partial charge in [0.2, 0.25) is 5.88 Å². The van der Waals surface area contributed by atoms with E-state index in [1.807, 2.05) is 13.8 Å². The number of rotatable bonds is 10. The molecule has 1 aliphatic carbocycles. The molecule has 1 aromatic carbocycles. The fourth-order valence-corrected chi connectivity index (χ4v) is 6.15. The highest BCUT2D eigenvalue weighted by Gasteiger charge is 2.36. The molecule has 3 heterocycles. The number of carbonyl (C=O) groups excluding carboxylic acids is 1. The third-order valence-corrected chi connectivity index (χ3v) is 9.02. The first-order chi connectivity index (χ1) is 18.1. The van der Waals surface area contributed by atoms with Gasteiger partial charge in [-0.1, -0.05) is 28.6 Å². The highest BCUT2D eigenvalue weighted by molar-refractivity contribution is 7.92. The van der Waals surface area contributed by atoms with Gasteiger partial charge in [-0.25, -0.2) is 18.4 Å². The highest BCUT2D eigenvalue weighted by atomic mass is 32.2. The summed E-state index contributed by atoms with van der Waals surface area (Å²) >= 11 is 1.18. The maximum absolute atomic E-state index is 13.3. The second-order valence-corrected chi connectivity index (χ2v) is 13.2. The van der Waals surface area contributed by atoms with Gasteiger partial charge in [0.1, 0.15) is 17.0 Å². The average Bonchev–Trinajstić information content (AvgIpc) is 3.48. The Labute approximate surface area is 224 Å². The Bertz CT molecular complexity index is 1450. The van der Waals surface area contributed by atoms with Crippen LogP contribution in [0.3, 0.4) is 0 Å². The van der Waals surface area contributed by atoms with Gasteiger partial charge >= 0.3 is 0 Å². The summed E-state index contributed by atoms with van der Waals surface area (Å²) < 4.78 is 36.1. The molecule has 5 rings (SSSR count). The summed E-state index contributed by atoms with van der Waals surface area (Å²) in [6.45, 7) is 4.94. The van der Waals surface area contributed by atoms with Crippen molar-refractivity contribution in [2.75, 3.05) is 25.1 Å². The molecule has 1 amide bonds. The Balaban J connectivity index is 1.36. The van der Waals surface area contributed by atoms with Gasteiger partial charge in [-0.3, -0.25) is 10.1 Å². The van der Waals surface area contributed by atoms with E-state index >= 15 is 0 Å². The molecule has 202 valence electrons. The third kappa shape index (κ3) is 6.29. The summed E-state index contributed by atoms with van der Waals surface area (Å²) in [5, 5.41) is 6.89. The highest BCUT2D eigenvalue weighted by Crippen LogP contribution is 2.33. The number of nitrogens with zero attached hydrogens (tertiary/aromatic N) is 3. The van der Waals surface area contributed by atoms with E-state index in [0.29, 0.717) is 66.0 Å². The summed E-state index contributed by atoms with van der Waals surface area (Å²) in [4.78, 5) is 28.6. The van der Waals surface area contributed by atoms with Crippen LogP contribution in [0.1, 0.15) is 38.7 Å². The summed E-state index contributed by atoms with van der Waals surface area (Å²) in [5.41, 5.74) is 6.47. The van der Waals surface area contributed by atoms with E-state index in [1.54, 1.807) is 24.3 Å². The van der Waals surface area contributed by atoms with Crippen LogP contribution in [0, 0.1) is 0 Å². The van der Waals surface area contributed by atoms with Crippen molar-refractivity contribution in [3.05, 3.63) is 42.0 Å². The van der Waals surface area contributed by atoms with Crippen molar-refractivity contribution in [1.29, 1.82) is 0 Å². The second-order valence-electron chi connectivity index (χ2n) is 10.0. The molecule has 1 saturated heterocycles. The zero-order chi connectivity index (χ0) is 26.9. The minimum Gasteiger partial charge on any atom is -0.476 e. The number of thiazole rings is 1. The molecule has 0 spiro atoms. The van der Waals surface area contributed by atoms with Gasteiger partial charge in [0.05, 0.1) is 23.4 Å². The minimum absolute atomic E-state index is 0.00585. The van der Waals surface area contributed by atoms with Crippen molar-refractivity contribution >= 4 is 48.3 Å². The van der Waals surface area contributed by atoms with Crippen LogP contribution < -0.4 is 15.8 Å². The van der Waals surface area contributed by atoms with Gasteiger partial charge in [0.15, 0.2) is 26.8 Å². The third-order valence-electron chi connectivity index (χ3n) is 5.86. The number of hydrogen-bond donors (Lipinski definition) is 2. The summed E-state index contributed by atoms with van der Waals surface area (Å²) in [6, 6.07) is 9.56. The van der Waals surface area contributed by atoms with E-state index in [4.69, 9.17) is 20.0 Å². The second kappa shape index (κ2) is 10.6. The number of ether oxygens (including phenoxy) is 2. The molecule has 0 unspecified atom stereocenters. The number of carbonyl (C=O) groups is 1. The van der Waals surface area contributed by atoms with Gasteiger partial charge in [-0.15, -0.1) is 0 Å². The van der Waals surface area contributed by atoms with Crippen LogP contribution in [0.25, 0.3) is 10.3 Å². The average molecular weight is 560 g/mol. The molecule has 3 N–H and O–H groups in total. The van der Waals surface area contributed by atoms with Gasteiger partial charge in [0.25, 0.3) is 5.91 Å². The van der Waals surface area contributed by atoms with E-state index < -0.39 is 21.3 Å². The number of pyridine rings is 1. The van der Waals surface area contributed by atoms with Crippen molar-refractivity contribution in [2.45, 2.75) is 54.9 Å². The lowest BCUT2D eigenvalue weighted by Gasteiger charge is -2.18. The van der Waals surface area contributed by atoms with Gasteiger partial charge in [-0.05, 0) is 44.9 Å². The number of oxime groups is 1. The SMILES string of the molecule is CC(C)(N)COc1ccc2nc(NC(=O)C(=NO[C@@H]3CCOC3)c3ccc(S(=O)(=O)C4CC4)cc3)sc2n1. The fourth-order valence-electron chi connectivity index (χ4n) is 3.67. The molecule has 2 aromatic heterocycles. The zero-order valence-corrected chi connectivity index (χ0v) is 22.7. The first kappa shape index (κ1) is 26.5. The largest absolute Gasteiger partial charge is 0.476 e. The van der Waals surface area contributed by atoms with E-state index in [-0.39, 0.29) is 22.0 Å². The summed E-state index contributed by atoms with van der Waals surface area (Å²) in [5.74, 6) is -0.143. The number of fused-ring (bicyclic) bond motifs is 1. The minimum atomic E-state index is -3.35. The normalized spacial score (nSPS) is 18.5. The molecule has 1 saturated carbocycles. The molecule has 0 radical (unpaired) electrons. The first-order valence-corrected chi connectivity index (χ1v) is 14.6. The van der Waals surface area contributed by atoms with Crippen LogP contribution in [0.15, 0.2) is 46.4 Å². The van der Waals surface area contributed by atoms with Crippen LogP contribution in [0.2, 0.25) is 0 Å². The lowest BCUT2D eigenvalue weighted by molar-refractivity contribution is -0.110. The van der Waals surface area contributed by atoms with Crippen molar-refractivity contribution in [3.8, 4) is 5.88 Å². The van der Waals surface area contributed by atoms with Crippen LogP contribution >= 0.6 is 11.3 Å². The number of sulfone groups is 1. The Kier molecular flexibility index (Phi) is 7.36. The maximum Gasteiger partial charge on any atom is 0.280 e. The molecule has 0 bridgehead atoms. The Morgan fingerprint density at radius 3 is 2.61 bits per heavy atom. The molecule has 3 aromatic rings. The zero-order valence-electron chi connectivity index (χ0n) is 21.0. The van der Waals surface area contributed by atoms with Crippen LogP contribution in [-0.4, -0.2) is 66.7 Å². The Hall–Kier alpha value is -3.13. The van der Waals surface area contributed by atoms with Crippen molar-refractivity contribution in [3.63, 3.8) is 0 Å². The van der Waals surface area contributed by atoms with Gasteiger partial charge in [-0.2, -0.15) is 0 Å². The number of benzene rings is 1. The van der Waals surface area contributed by atoms with Crippen molar-refractivity contribution < 1.29 is 27.5 Å². The molecular weight excluding hydrogens is 530 g/mol. The molecule has 13 heteroatoms. The Morgan fingerprint density at radius 2 is 1.95 bits per heavy atom. The first-order valence-electron chi connectivity index (χ1n) is 12.2. The molecular formula is C25H29N5O6S2. The van der Waals surface area contributed by atoms with Gasteiger partial charge in [0, 0.05) is 23.6 Å². The van der Waals surface area contributed by atoms with Crippen LogP contribution in [0.4, 0.5) is 5.13 Å². The van der Waals surface area contributed by atoms with Crippen molar-refractivity contribution in [1.82, 2.24) is 9.97 Å². The lowest BCUT2D eigenvalue weighted by Crippen LogP contribution is -2.38. The summed E-state index contributed by atoms with van der Waals surface area (Å²) in [6.07, 6.45) is 1.74. The predicted molar refractivity (Wildman–Crippen MR) is 143 cm³/mol. The number of hydrogen-bond acceptors (Lipinski definition) is 11. The molecule has 2 aliphatic rings. The Morgan fingerprint density at radius 1 is 1.18 bits per heavy atom. The lowest BCUT2D eigenvalue weighted by atomic mass is 10.1.